The molecular formula is C35H30N4O11S2. The standard InChI is InChI=1S/C35H30N4O11S2/c40-31-17-23-13-27(51(45,46)47)11-5-21(23)15-29(31)38-33(42)19-1-7-25(8-2-19)36-35(44)37-26-9-3-20(4-10-26)34(43)39-30-16-22-6-12-28(52(48,49)50)14-24(22)18-32(30)41/h1-12,17-18,23-24,40-41H,13-16H2,(H2,36,37,44)(H,45,46,47)(H,48,49,50). The van der Waals surface area contributed by atoms with Crippen molar-refractivity contribution in [2.45, 2.75) is 25.7 Å². The maximum Gasteiger partial charge on any atom is 0.323 e. The Kier molecular flexibility index (Phi) is 9.78. The maximum absolute atomic E-state index is 12.8. The summed E-state index contributed by atoms with van der Waals surface area (Å²) in [6.07, 6.45) is 8.58. The first-order valence-electron chi connectivity index (χ1n) is 15.6. The van der Waals surface area contributed by atoms with Crippen LogP contribution in [0.4, 0.5) is 16.2 Å². The molecule has 17 heteroatoms. The molecule has 0 spiro atoms. The molecule has 0 saturated carbocycles. The molecule has 2 aromatic rings. The molecule has 0 saturated heterocycles. The minimum atomic E-state index is -4.36. The minimum absolute atomic E-state index is 0.0180. The number of fused-ring (bicyclic) bond motifs is 2. The molecule has 2 unspecified atom stereocenters. The number of urea groups is 1. The van der Waals surface area contributed by atoms with Gasteiger partial charge in [0.1, 0.15) is 11.5 Å². The van der Waals surface area contributed by atoms with Crippen molar-refractivity contribution in [3.05, 3.63) is 129 Å². The first-order chi connectivity index (χ1) is 24.5. The van der Waals surface area contributed by atoms with E-state index in [2.05, 4.69) is 20.6 Å². The zero-order chi connectivity index (χ0) is 37.4. The normalized spacial score (nSPS) is 21.7. The van der Waals surface area contributed by atoms with E-state index in [0.29, 0.717) is 11.4 Å². The molecule has 15 nitrogen and oxygen atoms in total. The van der Waals surface area contributed by atoms with E-state index in [9.17, 15) is 50.5 Å². The lowest BCUT2D eigenvalue weighted by Gasteiger charge is -2.26. The topological polar surface area (TPSA) is 249 Å². The summed E-state index contributed by atoms with van der Waals surface area (Å²) in [5.74, 6) is -2.73. The monoisotopic (exact) mass is 746 g/mol. The van der Waals surface area contributed by atoms with Gasteiger partial charge in [0.2, 0.25) is 0 Å². The third-order valence-corrected chi connectivity index (χ3v) is 10.7. The van der Waals surface area contributed by atoms with Gasteiger partial charge in [-0.05, 0) is 85.7 Å². The zero-order valence-corrected chi connectivity index (χ0v) is 28.6. The number of carbonyl (C=O) groups excluding carboxylic acids is 3. The van der Waals surface area contributed by atoms with Crippen molar-refractivity contribution in [3.8, 4) is 0 Å². The number of hydrogen-bond donors (Lipinski definition) is 6. The predicted octanol–water partition coefficient (Wildman–Crippen LogP) is 5.62. The average Bonchev–Trinajstić information content (AvgIpc) is 3.08. The lowest BCUT2D eigenvalue weighted by atomic mass is 9.83. The Bertz CT molecular complexity index is 2200. The smallest absolute Gasteiger partial charge is 0.323 e. The number of nitrogens with zero attached hydrogens (tertiary/aromatic N) is 2. The number of aliphatic hydroxyl groups is 2. The molecule has 2 atom stereocenters. The Balaban J connectivity index is 1.03. The molecule has 0 radical (unpaired) electrons. The number of aliphatic hydroxyl groups excluding tert-OH is 2. The van der Waals surface area contributed by atoms with E-state index in [-0.39, 0.29) is 69.6 Å². The molecule has 0 aromatic heterocycles. The van der Waals surface area contributed by atoms with Gasteiger partial charge in [-0.25, -0.2) is 14.8 Å². The van der Waals surface area contributed by atoms with Crippen LogP contribution in [0, 0.1) is 11.8 Å². The van der Waals surface area contributed by atoms with Crippen LogP contribution < -0.4 is 10.6 Å². The second kappa shape index (κ2) is 14.1. The number of allylic oxidation sites excluding steroid dienone is 12. The van der Waals surface area contributed by atoms with E-state index in [4.69, 9.17) is 0 Å². The van der Waals surface area contributed by atoms with Gasteiger partial charge >= 0.3 is 6.03 Å². The second-order valence-electron chi connectivity index (χ2n) is 12.2. The zero-order valence-electron chi connectivity index (χ0n) is 26.9. The first kappa shape index (κ1) is 36.1. The molecule has 6 rings (SSSR count). The summed E-state index contributed by atoms with van der Waals surface area (Å²) in [6.45, 7) is 0. The van der Waals surface area contributed by atoms with Crippen molar-refractivity contribution in [2.24, 2.45) is 21.8 Å². The minimum Gasteiger partial charge on any atom is -0.506 e. The summed E-state index contributed by atoms with van der Waals surface area (Å²) >= 11 is 0. The maximum atomic E-state index is 12.8. The first-order valence-corrected chi connectivity index (χ1v) is 18.5. The highest BCUT2D eigenvalue weighted by Gasteiger charge is 2.31. The molecule has 4 aliphatic rings. The lowest BCUT2D eigenvalue weighted by molar-refractivity contribution is 0.0994. The van der Waals surface area contributed by atoms with E-state index in [1.165, 1.54) is 85.0 Å². The van der Waals surface area contributed by atoms with Crippen molar-refractivity contribution >= 4 is 60.9 Å². The van der Waals surface area contributed by atoms with Crippen LogP contribution in [-0.2, 0) is 20.2 Å². The van der Waals surface area contributed by atoms with Crippen LogP contribution in [0.25, 0.3) is 0 Å². The quantitative estimate of drug-likeness (QED) is 0.198. The van der Waals surface area contributed by atoms with E-state index in [0.717, 1.165) is 11.1 Å². The molecule has 2 aromatic carbocycles. The van der Waals surface area contributed by atoms with Gasteiger partial charge in [-0.15, -0.1) is 0 Å². The van der Waals surface area contributed by atoms with E-state index >= 15 is 0 Å². The Morgan fingerprint density at radius 3 is 1.31 bits per heavy atom. The van der Waals surface area contributed by atoms with Crippen LogP contribution in [-0.4, -0.2) is 65.4 Å². The molecule has 6 N–H and O–H groups in total. The Hall–Kier alpha value is -5.75. The largest absolute Gasteiger partial charge is 0.506 e. The second-order valence-corrected chi connectivity index (χ2v) is 15.2. The molecular weight excluding hydrogens is 717 g/mol. The van der Waals surface area contributed by atoms with Crippen LogP contribution in [0.15, 0.2) is 127 Å². The average molecular weight is 747 g/mol. The Morgan fingerprint density at radius 2 is 0.962 bits per heavy atom. The fourth-order valence-electron chi connectivity index (χ4n) is 5.97. The van der Waals surface area contributed by atoms with Gasteiger partial charge in [-0.2, -0.15) is 16.8 Å². The summed E-state index contributed by atoms with van der Waals surface area (Å²) in [5.41, 5.74) is 2.72. The summed E-state index contributed by atoms with van der Waals surface area (Å²) in [4.78, 5) is 46.0. The number of carbonyl (C=O) groups is 3. The molecule has 268 valence electrons. The summed E-state index contributed by atoms with van der Waals surface area (Å²) in [5, 5.41) is 26.1. The number of benzene rings is 2. The fourth-order valence-corrected chi connectivity index (χ4v) is 7.23. The number of anilines is 2. The van der Waals surface area contributed by atoms with Crippen molar-refractivity contribution in [1.82, 2.24) is 0 Å². The Labute approximate surface area is 297 Å². The van der Waals surface area contributed by atoms with Crippen LogP contribution in [0.5, 0.6) is 0 Å². The molecule has 4 aliphatic carbocycles. The molecule has 4 amide bonds. The summed E-state index contributed by atoms with van der Waals surface area (Å²) < 4.78 is 64.4. The van der Waals surface area contributed by atoms with Gasteiger partial charge in [0.05, 0.1) is 21.2 Å². The molecule has 0 fully saturated rings. The van der Waals surface area contributed by atoms with E-state index < -0.39 is 49.9 Å². The highest BCUT2D eigenvalue weighted by atomic mass is 32.2. The van der Waals surface area contributed by atoms with Gasteiger partial charge in [0.15, 0.2) is 0 Å². The SMILES string of the molecule is O=C(Nc1ccc(C(=O)N=C2CC3=CC=C(S(=O)(=O)O)CC3C=C2O)cc1)Nc1ccc(C(=O)N=C2CC3=CC=C(S(=O)(=O)O)CC3C=C2O)cc1. The molecule has 0 heterocycles. The van der Waals surface area contributed by atoms with Gasteiger partial charge in [0, 0.05) is 47.2 Å². The molecule has 0 bridgehead atoms. The third-order valence-electron chi connectivity index (χ3n) is 8.73. The van der Waals surface area contributed by atoms with E-state index in [1.807, 2.05) is 0 Å². The number of hydrogen-bond acceptors (Lipinski definition) is 9. The predicted molar refractivity (Wildman–Crippen MR) is 191 cm³/mol. The Morgan fingerprint density at radius 1 is 0.596 bits per heavy atom. The van der Waals surface area contributed by atoms with Crippen LogP contribution in [0.1, 0.15) is 46.4 Å². The van der Waals surface area contributed by atoms with Crippen molar-refractivity contribution in [2.75, 3.05) is 10.6 Å². The number of nitrogens with one attached hydrogen (secondary N) is 2. The summed E-state index contributed by atoms with van der Waals surface area (Å²) in [6, 6.07) is 11.1. The van der Waals surface area contributed by atoms with Gasteiger partial charge < -0.3 is 20.8 Å². The van der Waals surface area contributed by atoms with Gasteiger partial charge in [-0.3, -0.25) is 18.7 Å². The number of rotatable bonds is 6. The molecule has 52 heavy (non-hydrogen) atoms. The van der Waals surface area contributed by atoms with Crippen LogP contribution >= 0.6 is 0 Å². The summed E-state index contributed by atoms with van der Waals surface area (Å²) in [7, 11) is -8.71. The highest BCUT2D eigenvalue weighted by molar-refractivity contribution is 7.90. The lowest BCUT2D eigenvalue weighted by Crippen LogP contribution is -2.22. The van der Waals surface area contributed by atoms with Crippen LogP contribution in [0.2, 0.25) is 0 Å². The van der Waals surface area contributed by atoms with Crippen molar-refractivity contribution in [1.29, 1.82) is 0 Å². The van der Waals surface area contributed by atoms with Gasteiger partial charge in [-0.1, -0.05) is 23.3 Å². The third kappa shape index (κ3) is 8.24. The number of aliphatic imine (C=N–C) groups is 2. The fraction of sp³-hybridized carbons (Fsp3) is 0.171. The van der Waals surface area contributed by atoms with Gasteiger partial charge in [0.25, 0.3) is 32.1 Å². The van der Waals surface area contributed by atoms with E-state index in [1.54, 1.807) is 0 Å². The highest BCUT2D eigenvalue weighted by Crippen LogP contribution is 2.37. The molecule has 0 aliphatic heterocycles. The van der Waals surface area contributed by atoms with Crippen molar-refractivity contribution < 1.29 is 50.5 Å². The number of amides is 4. The van der Waals surface area contributed by atoms with Crippen LogP contribution in [0.3, 0.4) is 0 Å². The van der Waals surface area contributed by atoms with Crippen molar-refractivity contribution in [3.63, 3.8) is 0 Å².